The molecule has 0 saturated heterocycles. The summed E-state index contributed by atoms with van der Waals surface area (Å²) in [7, 11) is 0. The van der Waals surface area contributed by atoms with E-state index < -0.39 is 0 Å². The smallest absolute Gasteiger partial charge is 0.279 e. The molecule has 0 unspecified atom stereocenters. The lowest BCUT2D eigenvalue weighted by Crippen LogP contribution is -2.17. The summed E-state index contributed by atoms with van der Waals surface area (Å²) in [4.78, 5) is 17.9. The van der Waals surface area contributed by atoms with E-state index >= 15 is 0 Å². The second kappa shape index (κ2) is 6.61. The second-order valence-corrected chi connectivity index (χ2v) is 7.34. The number of aryl methyl sites for hydroxylation is 3. The monoisotopic (exact) mass is 368 g/mol. The fourth-order valence-electron chi connectivity index (χ4n) is 3.11. The molecule has 1 aliphatic rings. The number of nitrogens with zero attached hydrogens (tertiary/aromatic N) is 2. The van der Waals surface area contributed by atoms with E-state index in [0.717, 1.165) is 39.4 Å². The summed E-state index contributed by atoms with van der Waals surface area (Å²) in [5.41, 5.74) is 3.65. The Bertz CT molecular complexity index is 1080. The first kappa shape index (κ1) is 16.8. The first-order valence-corrected chi connectivity index (χ1v) is 9.47. The van der Waals surface area contributed by atoms with E-state index in [-0.39, 0.29) is 5.91 Å². The minimum Gasteiger partial charge on any atom is -0.486 e. The summed E-state index contributed by atoms with van der Waals surface area (Å²) in [6.45, 7) is 7.79. The molecule has 6 heteroatoms. The molecule has 26 heavy (non-hydrogen) atoms. The topological polar surface area (TPSA) is 52.8 Å². The van der Waals surface area contributed by atoms with Gasteiger partial charge < -0.3 is 14.0 Å². The summed E-state index contributed by atoms with van der Waals surface area (Å²) < 4.78 is 14.4. The van der Waals surface area contributed by atoms with Gasteiger partial charge in [-0.05, 0) is 32.4 Å². The van der Waals surface area contributed by atoms with Crippen molar-refractivity contribution in [3.63, 3.8) is 0 Å². The normalized spacial score (nSPS) is 14.0. The molecule has 0 spiro atoms. The molecular weight excluding hydrogens is 348 g/mol. The Kier molecular flexibility index (Phi) is 4.28. The Morgan fingerprint density at radius 2 is 1.88 bits per heavy atom. The number of aromatic nitrogens is 1. The van der Waals surface area contributed by atoms with E-state index in [1.54, 1.807) is 0 Å². The molecule has 3 aromatic rings. The first-order chi connectivity index (χ1) is 12.6. The van der Waals surface area contributed by atoms with Crippen molar-refractivity contribution in [2.75, 3.05) is 13.2 Å². The number of rotatable bonds is 2. The van der Waals surface area contributed by atoms with Crippen LogP contribution in [0.1, 0.15) is 28.4 Å². The molecule has 4 rings (SSSR count). The Labute approximate surface area is 155 Å². The predicted molar refractivity (Wildman–Crippen MR) is 102 cm³/mol. The van der Waals surface area contributed by atoms with Gasteiger partial charge >= 0.3 is 0 Å². The lowest BCUT2D eigenvalue weighted by Gasteiger charge is -2.18. The van der Waals surface area contributed by atoms with Crippen molar-refractivity contribution in [1.82, 2.24) is 4.57 Å². The number of hydrogen-bond donors (Lipinski definition) is 0. The standard InChI is InChI=1S/C20H20N2O3S/c1-4-22-15-10-16-17(25-8-7-24-16)11-18(15)26-20(22)21-19(23)14-9-12(2)5-6-13(14)3/h5-6,9-11H,4,7-8H2,1-3H3. The van der Waals surface area contributed by atoms with Gasteiger partial charge in [0.15, 0.2) is 16.3 Å². The fraction of sp³-hybridized carbons (Fsp3) is 0.300. The van der Waals surface area contributed by atoms with Crippen molar-refractivity contribution < 1.29 is 14.3 Å². The molecule has 1 aromatic heterocycles. The molecule has 0 bridgehead atoms. The van der Waals surface area contributed by atoms with E-state index in [9.17, 15) is 4.79 Å². The van der Waals surface area contributed by atoms with Crippen LogP contribution in [0.4, 0.5) is 0 Å². The van der Waals surface area contributed by atoms with Gasteiger partial charge in [-0.2, -0.15) is 4.99 Å². The van der Waals surface area contributed by atoms with E-state index in [1.807, 2.05) is 55.7 Å². The Morgan fingerprint density at radius 3 is 2.62 bits per heavy atom. The maximum absolute atomic E-state index is 12.8. The number of ether oxygens (including phenoxy) is 2. The highest BCUT2D eigenvalue weighted by atomic mass is 32.1. The summed E-state index contributed by atoms with van der Waals surface area (Å²) >= 11 is 1.49. The van der Waals surface area contributed by atoms with E-state index in [0.29, 0.717) is 23.6 Å². The van der Waals surface area contributed by atoms with Crippen LogP contribution < -0.4 is 14.3 Å². The molecule has 0 aliphatic carbocycles. The van der Waals surface area contributed by atoms with Crippen LogP contribution in [-0.2, 0) is 6.54 Å². The van der Waals surface area contributed by atoms with Gasteiger partial charge in [0, 0.05) is 24.2 Å². The van der Waals surface area contributed by atoms with Crippen LogP contribution in [-0.4, -0.2) is 23.7 Å². The van der Waals surface area contributed by atoms with Crippen molar-refractivity contribution in [2.24, 2.45) is 4.99 Å². The van der Waals surface area contributed by atoms with Crippen molar-refractivity contribution >= 4 is 27.5 Å². The van der Waals surface area contributed by atoms with Gasteiger partial charge in [0.1, 0.15) is 13.2 Å². The number of benzene rings is 2. The Balaban J connectivity index is 1.86. The average Bonchev–Trinajstić information content (AvgIpc) is 2.97. The van der Waals surface area contributed by atoms with Gasteiger partial charge in [0.05, 0.1) is 10.2 Å². The zero-order valence-corrected chi connectivity index (χ0v) is 15.9. The Morgan fingerprint density at radius 1 is 1.15 bits per heavy atom. The molecule has 0 fully saturated rings. The third-order valence-corrected chi connectivity index (χ3v) is 5.52. The summed E-state index contributed by atoms with van der Waals surface area (Å²) in [5, 5.41) is 0. The third-order valence-electron chi connectivity index (χ3n) is 4.48. The maximum atomic E-state index is 12.8. The number of fused-ring (bicyclic) bond motifs is 2. The highest BCUT2D eigenvalue weighted by molar-refractivity contribution is 7.16. The minimum atomic E-state index is -0.211. The second-order valence-electron chi connectivity index (χ2n) is 6.33. The first-order valence-electron chi connectivity index (χ1n) is 8.66. The van der Waals surface area contributed by atoms with Gasteiger partial charge in [0.2, 0.25) is 0 Å². The molecule has 5 nitrogen and oxygen atoms in total. The van der Waals surface area contributed by atoms with Gasteiger partial charge in [-0.15, -0.1) is 0 Å². The van der Waals surface area contributed by atoms with Crippen LogP contribution in [0, 0.1) is 13.8 Å². The third kappa shape index (κ3) is 2.90. The van der Waals surface area contributed by atoms with Crippen LogP contribution in [0.25, 0.3) is 10.2 Å². The van der Waals surface area contributed by atoms with Crippen molar-refractivity contribution in [1.29, 1.82) is 0 Å². The molecule has 0 N–H and O–H groups in total. The number of carbonyl (C=O) groups excluding carboxylic acids is 1. The molecule has 0 radical (unpaired) electrons. The van der Waals surface area contributed by atoms with Crippen LogP contribution in [0.5, 0.6) is 11.5 Å². The summed E-state index contributed by atoms with van der Waals surface area (Å²) in [6, 6.07) is 9.81. The van der Waals surface area contributed by atoms with Crippen molar-refractivity contribution in [3.8, 4) is 11.5 Å². The lowest BCUT2D eigenvalue weighted by atomic mass is 10.1. The molecular formula is C20H20N2O3S. The number of thiazole rings is 1. The quantitative estimate of drug-likeness (QED) is 0.690. The van der Waals surface area contributed by atoms with Crippen LogP contribution in [0.15, 0.2) is 35.3 Å². The van der Waals surface area contributed by atoms with Gasteiger partial charge in [0.25, 0.3) is 5.91 Å². The molecule has 1 amide bonds. The SMILES string of the molecule is CCn1c(=NC(=O)c2cc(C)ccc2C)sc2cc3c(cc21)OCCO3. The maximum Gasteiger partial charge on any atom is 0.279 e. The van der Waals surface area contributed by atoms with Gasteiger partial charge in [-0.3, -0.25) is 4.79 Å². The highest BCUT2D eigenvalue weighted by Gasteiger charge is 2.17. The molecule has 2 aromatic carbocycles. The van der Waals surface area contributed by atoms with Crippen LogP contribution in [0.3, 0.4) is 0 Å². The lowest BCUT2D eigenvalue weighted by molar-refractivity contribution is 0.0997. The van der Waals surface area contributed by atoms with Crippen molar-refractivity contribution in [2.45, 2.75) is 27.3 Å². The minimum absolute atomic E-state index is 0.211. The molecule has 0 saturated carbocycles. The van der Waals surface area contributed by atoms with Crippen LogP contribution >= 0.6 is 11.3 Å². The largest absolute Gasteiger partial charge is 0.486 e. The van der Waals surface area contributed by atoms with Gasteiger partial charge in [-0.1, -0.05) is 29.0 Å². The van der Waals surface area contributed by atoms with Crippen molar-refractivity contribution in [3.05, 3.63) is 51.8 Å². The number of carbonyl (C=O) groups is 1. The fourth-order valence-corrected chi connectivity index (χ4v) is 4.21. The average molecular weight is 368 g/mol. The summed E-state index contributed by atoms with van der Waals surface area (Å²) in [5.74, 6) is 1.29. The highest BCUT2D eigenvalue weighted by Crippen LogP contribution is 2.35. The van der Waals surface area contributed by atoms with Gasteiger partial charge in [-0.25, -0.2) is 0 Å². The zero-order valence-electron chi connectivity index (χ0n) is 15.0. The molecule has 1 aliphatic heterocycles. The molecule has 2 heterocycles. The summed E-state index contributed by atoms with van der Waals surface area (Å²) in [6.07, 6.45) is 0. The van der Waals surface area contributed by atoms with E-state index in [4.69, 9.17) is 9.47 Å². The number of hydrogen-bond acceptors (Lipinski definition) is 4. The Hall–Kier alpha value is -2.60. The number of amides is 1. The van der Waals surface area contributed by atoms with E-state index in [1.165, 1.54) is 11.3 Å². The van der Waals surface area contributed by atoms with Crippen LogP contribution in [0.2, 0.25) is 0 Å². The van der Waals surface area contributed by atoms with E-state index in [2.05, 4.69) is 4.99 Å². The zero-order chi connectivity index (χ0) is 18.3. The molecule has 134 valence electrons. The molecule has 0 atom stereocenters. The predicted octanol–water partition coefficient (Wildman–Crippen LogP) is 3.85.